The summed E-state index contributed by atoms with van der Waals surface area (Å²) in [5.41, 5.74) is 0.157. The molecule has 1 fully saturated rings. The SMILES string of the molecule is COc1ccc(NC(=O)CC2SCCN(CCCCNC(=O)OC(C)(C)C)C2=O)cc1. The summed E-state index contributed by atoms with van der Waals surface area (Å²) >= 11 is 1.53. The third-order valence-corrected chi connectivity index (χ3v) is 5.72. The topological polar surface area (TPSA) is 97.0 Å². The second kappa shape index (κ2) is 11.8. The molecule has 0 aromatic heterocycles. The van der Waals surface area contributed by atoms with Crippen molar-refractivity contribution in [3.63, 3.8) is 0 Å². The molecule has 3 amide bonds. The molecule has 1 aliphatic rings. The molecule has 0 radical (unpaired) electrons. The largest absolute Gasteiger partial charge is 0.497 e. The summed E-state index contributed by atoms with van der Waals surface area (Å²) in [6.45, 7) is 7.26. The zero-order valence-electron chi connectivity index (χ0n) is 18.7. The molecule has 31 heavy (non-hydrogen) atoms. The summed E-state index contributed by atoms with van der Waals surface area (Å²) in [5, 5.41) is 5.19. The maximum Gasteiger partial charge on any atom is 0.407 e. The van der Waals surface area contributed by atoms with Gasteiger partial charge in [0.1, 0.15) is 11.4 Å². The van der Waals surface area contributed by atoms with Gasteiger partial charge in [0.2, 0.25) is 11.8 Å². The number of hydrogen-bond donors (Lipinski definition) is 2. The smallest absolute Gasteiger partial charge is 0.407 e. The van der Waals surface area contributed by atoms with Crippen LogP contribution in [0.2, 0.25) is 0 Å². The van der Waals surface area contributed by atoms with Crippen LogP contribution in [0.1, 0.15) is 40.0 Å². The Hall–Kier alpha value is -2.42. The first-order valence-electron chi connectivity index (χ1n) is 10.5. The van der Waals surface area contributed by atoms with E-state index in [4.69, 9.17) is 9.47 Å². The van der Waals surface area contributed by atoms with Crippen LogP contribution < -0.4 is 15.4 Å². The number of ether oxygens (including phenoxy) is 2. The normalized spacial score (nSPS) is 16.6. The number of anilines is 1. The van der Waals surface area contributed by atoms with Gasteiger partial charge in [0, 0.05) is 37.5 Å². The van der Waals surface area contributed by atoms with Gasteiger partial charge >= 0.3 is 6.09 Å². The molecule has 1 heterocycles. The fraction of sp³-hybridized carbons (Fsp3) is 0.591. The van der Waals surface area contributed by atoms with Crippen LogP contribution in [-0.2, 0) is 14.3 Å². The lowest BCUT2D eigenvalue weighted by Crippen LogP contribution is -2.45. The zero-order chi connectivity index (χ0) is 22.9. The fourth-order valence-electron chi connectivity index (χ4n) is 3.05. The van der Waals surface area contributed by atoms with E-state index in [2.05, 4.69) is 10.6 Å². The molecule has 0 spiro atoms. The number of hydrogen-bond acceptors (Lipinski definition) is 6. The lowest BCUT2D eigenvalue weighted by molar-refractivity contribution is -0.132. The van der Waals surface area contributed by atoms with Crippen molar-refractivity contribution >= 4 is 35.4 Å². The molecule has 9 heteroatoms. The third-order valence-electron chi connectivity index (χ3n) is 4.53. The van der Waals surface area contributed by atoms with E-state index in [9.17, 15) is 14.4 Å². The van der Waals surface area contributed by atoms with Crippen molar-refractivity contribution in [1.29, 1.82) is 0 Å². The van der Waals surface area contributed by atoms with Crippen LogP contribution in [0.5, 0.6) is 5.75 Å². The average molecular weight is 452 g/mol. The van der Waals surface area contributed by atoms with Crippen molar-refractivity contribution in [2.24, 2.45) is 0 Å². The van der Waals surface area contributed by atoms with Crippen LogP contribution >= 0.6 is 11.8 Å². The van der Waals surface area contributed by atoms with Gasteiger partial charge in [-0.2, -0.15) is 0 Å². The number of amides is 3. The zero-order valence-corrected chi connectivity index (χ0v) is 19.5. The summed E-state index contributed by atoms with van der Waals surface area (Å²) in [6.07, 6.45) is 1.24. The summed E-state index contributed by atoms with van der Waals surface area (Å²) in [4.78, 5) is 38.6. The molecule has 1 aromatic carbocycles. The first-order chi connectivity index (χ1) is 14.7. The van der Waals surface area contributed by atoms with Crippen molar-refractivity contribution in [2.45, 2.75) is 50.9 Å². The number of methoxy groups -OCH3 is 1. The number of unbranched alkanes of at least 4 members (excludes halogenated alkanes) is 1. The molecule has 0 saturated carbocycles. The number of carbonyl (C=O) groups excluding carboxylic acids is 3. The number of nitrogens with one attached hydrogen (secondary N) is 2. The maximum absolute atomic E-state index is 12.7. The highest BCUT2D eigenvalue weighted by Crippen LogP contribution is 2.24. The number of rotatable bonds is 9. The van der Waals surface area contributed by atoms with E-state index in [1.165, 1.54) is 11.8 Å². The molecule has 0 bridgehead atoms. The highest BCUT2D eigenvalue weighted by molar-refractivity contribution is 8.00. The van der Waals surface area contributed by atoms with Crippen LogP contribution in [-0.4, -0.2) is 66.2 Å². The Labute approximate surface area is 188 Å². The van der Waals surface area contributed by atoms with Gasteiger partial charge in [-0.25, -0.2) is 4.79 Å². The number of carbonyl (C=O) groups is 3. The quantitative estimate of drug-likeness (QED) is 0.560. The lowest BCUT2D eigenvalue weighted by Gasteiger charge is -2.31. The van der Waals surface area contributed by atoms with Crippen molar-refractivity contribution in [3.05, 3.63) is 24.3 Å². The predicted molar refractivity (Wildman–Crippen MR) is 123 cm³/mol. The number of thioether (sulfide) groups is 1. The van der Waals surface area contributed by atoms with E-state index in [1.54, 1.807) is 31.4 Å². The Kier molecular flexibility index (Phi) is 9.48. The molecule has 172 valence electrons. The van der Waals surface area contributed by atoms with Crippen molar-refractivity contribution in [1.82, 2.24) is 10.2 Å². The van der Waals surface area contributed by atoms with Gasteiger partial charge in [-0.15, -0.1) is 11.8 Å². The number of benzene rings is 1. The third kappa shape index (κ3) is 9.08. The van der Waals surface area contributed by atoms with E-state index < -0.39 is 11.7 Å². The Morgan fingerprint density at radius 2 is 1.90 bits per heavy atom. The highest BCUT2D eigenvalue weighted by Gasteiger charge is 2.30. The Morgan fingerprint density at radius 3 is 2.55 bits per heavy atom. The van der Waals surface area contributed by atoms with Gasteiger partial charge in [0.15, 0.2) is 0 Å². The van der Waals surface area contributed by atoms with Crippen LogP contribution in [0.25, 0.3) is 0 Å². The fourth-order valence-corrected chi connectivity index (χ4v) is 4.22. The first kappa shape index (κ1) is 24.8. The minimum absolute atomic E-state index is 0.00114. The standard InChI is InChI=1S/C22H33N3O5S/c1-22(2,3)30-21(28)23-11-5-6-12-25-13-14-31-18(20(25)27)15-19(26)24-16-7-9-17(29-4)10-8-16/h7-10,18H,5-6,11-15H2,1-4H3,(H,23,28)(H,24,26). The summed E-state index contributed by atoms with van der Waals surface area (Å²) in [5.74, 6) is 1.34. The highest BCUT2D eigenvalue weighted by atomic mass is 32.2. The molecule has 1 atom stereocenters. The van der Waals surface area contributed by atoms with Gasteiger partial charge in [-0.3, -0.25) is 9.59 Å². The van der Waals surface area contributed by atoms with Gasteiger partial charge < -0.3 is 25.0 Å². The second-order valence-corrected chi connectivity index (χ2v) is 9.61. The second-order valence-electron chi connectivity index (χ2n) is 8.30. The van der Waals surface area contributed by atoms with Crippen LogP contribution in [0.3, 0.4) is 0 Å². The number of alkyl carbamates (subject to hydrolysis) is 1. The summed E-state index contributed by atoms with van der Waals surface area (Å²) in [6, 6.07) is 7.08. The minimum Gasteiger partial charge on any atom is -0.497 e. The van der Waals surface area contributed by atoms with Crippen molar-refractivity contribution < 1.29 is 23.9 Å². The van der Waals surface area contributed by atoms with Crippen LogP contribution in [0, 0.1) is 0 Å². The molecule has 1 unspecified atom stereocenters. The van der Waals surface area contributed by atoms with Gasteiger partial charge in [0.05, 0.1) is 12.4 Å². The van der Waals surface area contributed by atoms with Gasteiger partial charge in [0.25, 0.3) is 0 Å². The first-order valence-corrected chi connectivity index (χ1v) is 11.5. The van der Waals surface area contributed by atoms with Crippen molar-refractivity contribution in [3.8, 4) is 5.75 Å². The van der Waals surface area contributed by atoms with Crippen molar-refractivity contribution in [2.75, 3.05) is 37.8 Å². The van der Waals surface area contributed by atoms with E-state index in [1.807, 2.05) is 25.7 Å². The lowest BCUT2D eigenvalue weighted by atomic mass is 10.2. The van der Waals surface area contributed by atoms with E-state index in [0.29, 0.717) is 31.1 Å². The van der Waals surface area contributed by atoms with Crippen LogP contribution in [0.15, 0.2) is 24.3 Å². The van der Waals surface area contributed by atoms with Gasteiger partial charge in [-0.05, 0) is 57.9 Å². The molecule has 8 nitrogen and oxygen atoms in total. The average Bonchev–Trinajstić information content (AvgIpc) is 2.69. The molecule has 0 aliphatic carbocycles. The summed E-state index contributed by atoms with van der Waals surface area (Å²) in [7, 11) is 1.59. The predicted octanol–water partition coefficient (Wildman–Crippen LogP) is 3.27. The molecule has 2 N–H and O–H groups in total. The number of nitrogens with zero attached hydrogens (tertiary/aromatic N) is 1. The molecule has 1 saturated heterocycles. The monoisotopic (exact) mass is 451 g/mol. The minimum atomic E-state index is -0.517. The Bertz CT molecular complexity index is 749. The van der Waals surface area contributed by atoms with E-state index in [-0.39, 0.29) is 23.5 Å². The molecular formula is C22H33N3O5S. The van der Waals surface area contributed by atoms with Gasteiger partial charge in [-0.1, -0.05) is 0 Å². The molecular weight excluding hydrogens is 418 g/mol. The van der Waals surface area contributed by atoms with E-state index in [0.717, 1.165) is 18.6 Å². The Balaban J connectivity index is 1.70. The van der Waals surface area contributed by atoms with E-state index >= 15 is 0 Å². The maximum atomic E-state index is 12.7. The van der Waals surface area contributed by atoms with Crippen LogP contribution in [0.4, 0.5) is 10.5 Å². The molecule has 1 aromatic rings. The Morgan fingerprint density at radius 1 is 1.19 bits per heavy atom. The molecule has 1 aliphatic heterocycles. The molecule has 2 rings (SSSR count). The summed E-state index contributed by atoms with van der Waals surface area (Å²) < 4.78 is 10.3.